The zero-order chi connectivity index (χ0) is 14.0. The van der Waals surface area contributed by atoms with Crippen LogP contribution in [-0.4, -0.2) is 16.5 Å². The molecule has 1 aromatic carbocycles. The molecule has 0 spiro atoms. The molecular formula is C14H15ClFN3. The van der Waals surface area contributed by atoms with E-state index in [1.807, 2.05) is 20.8 Å². The van der Waals surface area contributed by atoms with Gasteiger partial charge in [-0.05, 0) is 39.0 Å². The molecule has 0 unspecified atom stereocenters. The van der Waals surface area contributed by atoms with Gasteiger partial charge in [0.25, 0.3) is 0 Å². The van der Waals surface area contributed by atoms with Crippen molar-refractivity contribution in [2.24, 2.45) is 0 Å². The Labute approximate surface area is 116 Å². The number of benzene rings is 1. The van der Waals surface area contributed by atoms with Gasteiger partial charge in [-0.3, -0.25) is 0 Å². The first-order valence-corrected chi connectivity index (χ1v) is 6.44. The molecule has 1 aromatic heterocycles. The number of hydrogen-bond acceptors (Lipinski definition) is 3. The molecule has 100 valence electrons. The number of aromatic nitrogens is 2. The Morgan fingerprint density at radius 1 is 1.21 bits per heavy atom. The van der Waals surface area contributed by atoms with Crippen LogP contribution in [0.1, 0.15) is 18.2 Å². The summed E-state index contributed by atoms with van der Waals surface area (Å²) in [6, 6.07) is 4.30. The lowest BCUT2D eigenvalue weighted by Crippen LogP contribution is -2.06. The van der Waals surface area contributed by atoms with Gasteiger partial charge < -0.3 is 5.32 Å². The molecule has 0 radical (unpaired) electrons. The third kappa shape index (κ3) is 3.01. The molecule has 5 heteroatoms. The Bertz CT molecular complexity index is 594. The summed E-state index contributed by atoms with van der Waals surface area (Å²) in [5.41, 5.74) is 2.43. The number of hydrogen-bond donors (Lipinski definition) is 1. The third-order valence-corrected chi connectivity index (χ3v) is 3.07. The van der Waals surface area contributed by atoms with Gasteiger partial charge in [-0.1, -0.05) is 11.6 Å². The minimum Gasteiger partial charge on any atom is -0.370 e. The van der Waals surface area contributed by atoms with Crippen LogP contribution in [0.15, 0.2) is 18.2 Å². The molecule has 0 fully saturated rings. The molecule has 19 heavy (non-hydrogen) atoms. The maximum absolute atomic E-state index is 13.4. The van der Waals surface area contributed by atoms with Crippen LogP contribution in [0.4, 0.5) is 10.2 Å². The van der Waals surface area contributed by atoms with Crippen molar-refractivity contribution >= 4 is 17.4 Å². The van der Waals surface area contributed by atoms with E-state index in [0.717, 1.165) is 23.6 Å². The summed E-state index contributed by atoms with van der Waals surface area (Å²) in [7, 11) is 0. The number of nitrogens with zero attached hydrogens (tertiary/aromatic N) is 2. The van der Waals surface area contributed by atoms with Crippen LogP contribution in [0.2, 0.25) is 5.02 Å². The lowest BCUT2D eigenvalue weighted by Gasteiger charge is -2.11. The summed E-state index contributed by atoms with van der Waals surface area (Å²) in [5, 5.41) is 3.51. The van der Waals surface area contributed by atoms with Crippen molar-refractivity contribution < 1.29 is 4.39 Å². The maximum atomic E-state index is 13.4. The second-order valence-electron chi connectivity index (χ2n) is 4.29. The van der Waals surface area contributed by atoms with Crippen molar-refractivity contribution in [2.45, 2.75) is 20.8 Å². The van der Waals surface area contributed by atoms with Crippen LogP contribution in [0.25, 0.3) is 11.4 Å². The Morgan fingerprint density at radius 2 is 1.95 bits per heavy atom. The molecule has 0 aliphatic carbocycles. The maximum Gasteiger partial charge on any atom is 0.161 e. The molecule has 0 aliphatic rings. The van der Waals surface area contributed by atoms with E-state index >= 15 is 0 Å². The molecule has 0 amide bonds. The van der Waals surface area contributed by atoms with Crippen LogP contribution in [0.3, 0.4) is 0 Å². The first kappa shape index (κ1) is 13.7. The molecule has 0 saturated carbocycles. The van der Waals surface area contributed by atoms with Gasteiger partial charge in [0.05, 0.1) is 0 Å². The average Bonchev–Trinajstić information content (AvgIpc) is 2.33. The summed E-state index contributed by atoms with van der Waals surface area (Å²) in [6.45, 7) is 6.62. The first-order valence-electron chi connectivity index (χ1n) is 6.07. The normalized spacial score (nSPS) is 10.6. The van der Waals surface area contributed by atoms with Gasteiger partial charge in [0, 0.05) is 28.4 Å². The molecule has 1 N–H and O–H groups in total. The minimum atomic E-state index is -0.394. The van der Waals surface area contributed by atoms with Crippen LogP contribution in [-0.2, 0) is 0 Å². The van der Waals surface area contributed by atoms with E-state index in [-0.39, 0.29) is 0 Å². The lowest BCUT2D eigenvalue weighted by atomic mass is 10.2. The molecular weight excluding hydrogens is 265 g/mol. The molecule has 0 aliphatic heterocycles. The second kappa shape index (κ2) is 5.53. The fraction of sp³-hybridized carbons (Fsp3) is 0.286. The van der Waals surface area contributed by atoms with Crippen molar-refractivity contribution in [2.75, 3.05) is 11.9 Å². The predicted molar refractivity (Wildman–Crippen MR) is 76.1 cm³/mol. The van der Waals surface area contributed by atoms with E-state index in [2.05, 4.69) is 15.3 Å². The number of halogens is 2. The highest BCUT2D eigenvalue weighted by Gasteiger charge is 2.10. The van der Waals surface area contributed by atoms with E-state index in [1.54, 1.807) is 6.07 Å². The second-order valence-corrected chi connectivity index (χ2v) is 4.73. The van der Waals surface area contributed by atoms with Gasteiger partial charge in [-0.25, -0.2) is 14.4 Å². The Balaban J connectivity index is 2.55. The Morgan fingerprint density at radius 3 is 2.58 bits per heavy atom. The quantitative estimate of drug-likeness (QED) is 0.923. The van der Waals surface area contributed by atoms with E-state index < -0.39 is 5.82 Å². The number of anilines is 1. The van der Waals surface area contributed by atoms with Crippen LogP contribution in [0.5, 0.6) is 0 Å². The fourth-order valence-corrected chi connectivity index (χ4v) is 2.00. The smallest absolute Gasteiger partial charge is 0.161 e. The van der Waals surface area contributed by atoms with E-state index in [1.165, 1.54) is 12.1 Å². The number of aryl methyl sites for hydroxylation is 1. The van der Waals surface area contributed by atoms with E-state index in [4.69, 9.17) is 11.6 Å². The number of rotatable bonds is 3. The Hall–Kier alpha value is -1.68. The highest BCUT2D eigenvalue weighted by atomic mass is 35.5. The van der Waals surface area contributed by atoms with Gasteiger partial charge >= 0.3 is 0 Å². The molecule has 0 atom stereocenters. The zero-order valence-electron chi connectivity index (χ0n) is 11.1. The predicted octanol–water partition coefficient (Wildman–Crippen LogP) is 3.98. The van der Waals surface area contributed by atoms with Gasteiger partial charge in [-0.15, -0.1) is 0 Å². The van der Waals surface area contributed by atoms with Crippen LogP contribution in [0, 0.1) is 19.7 Å². The van der Waals surface area contributed by atoms with Crippen molar-refractivity contribution in [1.82, 2.24) is 9.97 Å². The highest BCUT2D eigenvalue weighted by molar-refractivity contribution is 6.30. The van der Waals surface area contributed by atoms with Gasteiger partial charge in [0.15, 0.2) is 5.82 Å². The SMILES string of the molecule is CCNc1nc(-c2cc(F)cc(Cl)c2)nc(C)c1C. The van der Waals surface area contributed by atoms with E-state index in [0.29, 0.717) is 16.4 Å². The van der Waals surface area contributed by atoms with Crippen LogP contribution >= 0.6 is 11.6 Å². The summed E-state index contributed by atoms with van der Waals surface area (Å²) in [6.07, 6.45) is 0. The minimum absolute atomic E-state index is 0.335. The molecule has 0 saturated heterocycles. The molecule has 2 rings (SSSR count). The van der Waals surface area contributed by atoms with Gasteiger partial charge in [0.2, 0.25) is 0 Å². The highest BCUT2D eigenvalue weighted by Crippen LogP contribution is 2.25. The van der Waals surface area contributed by atoms with Crippen molar-refractivity contribution in [3.63, 3.8) is 0 Å². The largest absolute Gasteiger partial charge is 0.370 e. The third-order valence-electron chi connectivity index (χ3n) is 2.85. The summed E-state index contributed by atoms with van der Waals surface area (Å²) in [5.74, 6) is 0.847. The summed E-state index contributed by atoms with van der Waals surface area (Å²) in [4.78, 5) is 8.82. The monoisotopic (exact) mass is 279 g/mol. The lowest BCUT2D eigenvalue weighted by molar-refractivity contribution is 0.628. The van der Waals surface area contributed by atoms with Crippen molar-refractivity contribution in [3.8, 4) is 11.4 Å². The van der Waals surface area contributed by atoms with E-state index in [9.17, 15) is 4.39 Å². The van der Waals surface area contributed by atoms with Crippen molar-refractivity contribution in [1.29, 1.82) is 0 Å². The van der Waals surface area contributed by atoms with Crippen molar-refractivity contribution in [3.05, 3.63) is 40.3 Å². The standard InChI is InChI=1S/C14H15ClFN3/c1-4-17-13-8(2)9(3)18-14(19-13)10-5-11(15)7-12(16)6-10/h5-7H,4H2,1-3H3,(H,17,18,19). The Kier molecular flexibility index (Phi) is 4.00. The first-order chi connectivity index (χ1) is 9.01. The summed E-state index contributed by atoms with van der Waals surface area (Å²) < 4.78 is 13.4. The average molecular weight is 280 g/mol. The summed E-state index contributed by atoms with van der Waals surface area (Å²) >= 11 is 5.86. The van der Waals surface area contributed by atoms with Gasteiger partial charge in [-0.2, -0.15) is 0 Å². The topological polar surface area (TPSA) is 37.8 Å². The fourth-order valence-electron chi connectivity index (χ4n) is 1.78. The number of nitrogens with one attached hydrogen (secondary N) is 1. The molecule has 1 heterocycles. The molecule has 0 bridgehead atoms. The molecule has 3 nitrogen and oxygen atoms in total. The van der Waals surface area contributed by atoms with Crippen LogP contribution < -0.4 is 5.32 Å². The van der Waals surface area contributed by atoms with Gasteiger partial charge in [0.1, 0.15) is 11.6 Å². The molecule has 2 aromatic rings. The zero-order valence-corrected chi connectivity index (χ0v) is 11.8.